The van der Waals surface area contributed by atoms with Crippen LogP contribution in [0.25, 0.3) is 0 Å². The zero-order valence-corrected chi connectivity index (χ0v) is 12.6. The number of hydrogen-bond acceptors (Lipinski definition) is 3. The second-order valence-corrected chi connectivity index (χ2v) is 4.84. The molecule has 110 valence electrons. The van der Waals surface area contributed by atoms with Crippen LogP contribution in [0.1, 0.15) is 22.8 Å². The van der Waals surface area contributed by atoms with Crippen LogP contribution in [0.2, 0.25) is 0 Å². The lowest BCUT2D eigenvalue weighted by atomic mass is 10.1. The standard InChI is InChI=1S/C17H20N2O2/c1-4-12-5-8-14(9-6-12)19(2)17(20)13-7-10-15(18)16(11-13)21-3/h5-11H,4,18H2,1-3H3. The molecular weight excluding hydrogens is 264 g/mol. The van der Waals surface area contributed by atoms with Crippen molar-refractivity contribution >= 4 is 17.3 Å². The Morgan fingerprint density at radius 1 is 1.19 bits per heavy atom. The van der Waals surface area contributed by atoms with E-state index < -0.39 is 0 Å². The van der Waals surface area contributed by atoms with Crippen LogP contribution in [0.15, 0.2) is 42.5 Å². The fourth-order valence-corrected chi connectivity index (χ4v) is 2.11. The first-order valence-electron chi connectivity index (χ1n) is 6.87. The lowest BCUT2D eigenvalue weighted by Crippen LogP contribution is -2.26. The highest BCUT2D eigenvalue weighted by atomic mass is 16.5. The lowest BCUT2D eigenvalue weighted by Gasteiger charge is -2.18. The SMILES string of the molecule is CCc1ccc(N(C)C(=O)c2ccc(N)c(OC)c2)cc1. The Bertz CT molecular complexity index is 636. The van der Waals surface area contributed by atoms with Gasteiger partial charge in [0.05, 0.1) is 12.8 Å². The summed E-state index contributed by atoms with van der Waals surface area (Å²) >= 11 is 0. The first-order valence-corrected chi connectivity index (χ1v) is 6.87. The summed E-state index contributed by atoms with van der Waals surface area (Å²) in [7, 11) is 3.29. The molecule has 2 N–H and O–H groups in total. The Balaban J connectivity index is 2.25. The minimum atomic E-state index is -0.0995. The van der Waals surface area contributed by atoms with Crippen LogP contribution in [-0.4, -0.2) is 20.1 Å². The maximum Gasteiger partial charge on any atom is 0.258 e. The summed E-state index contributed by atoms with van der Waals surface area (Å²) in [4.78, 5) is 14.1. The van der Waals surface area contributed by atoms with Crippen molar-refractivity contribution in [2.45, 2.75) is 13.3 Å². The lowest BCUT2D eigenvalue weighted by molar-refractivity contribution is 0.0992. The molecule has 0 aliphatic carbocycles. The maximum absolute atomic E-state index is 12.5. The summed E-state index contributed by atoms with van der Waals surface area (Å²) in [6, 6.07) is 13.0. The molecule has 0 radical (unpaired) electrons. The number of anilines is 2. The molecule has 21 heavy (non-hydrogen) atoms. The molecule has 0 spiro atoms. The minimum absolute atomic E-state index is 0.0995. The number of methoxy groups -OCH3 is 1. The Labute approximate surface area is 125 Å². The zero-order valence-electron chi connectivity index (χ0n) is 12.6. The number of ether oxygens (including phenoxy) is 1. The van der Waals surface area contributed by atoms with Gasteiger partial charge in [0.1, 0.15) is 5.75 Å². The van der Waals surface area contributed by atoms with Gasteiger partial charge in [0.2, 0.25) is 0 Å². The number of benzene rings is 2. The molecule has 0 aliphatic heterocycles. The van der Waals surface area contributed by atoms with E-state index in [4.69, 9.17) is 10.5 Å². The molecule has 2 rings (SSSR count). The second kappa shape index (κ2) is 6.31. The zero-order chi connectivity index (χ0) is 15.4. The van der Waals surface area contributed by atoms with E-state index in [0.717, 1.165) is 12.1 Å². The molecule has 0 bridgehead atoms. The molecule has 0 fully saturated rings. The Morgan fingerprint density at radius 2 is 1.86 bits per heavy atom. The number of amides is 1. The van der Waals surface area contributed by atoms with Crippen molar-refractivity contribution in [1.82, 2.24) is 0 Å². The molecule has 0 aliphatic rings. The van der Waals surface area contributed by atoms with Crippen LogP contribution in [0, 0.1) is 0 Å². The monoisotopic (exact) mass is 284 g/mol. The maximum atomic E-state index is 12.5. The van der Waals surface area contributed by atoms with Gasteiger partial charge in [-0.1, -0.05) is 19.1 Å². The third kappa shape index (κ3) is 3.16. The molecule has 0 atom stereocenters. The fraction of sp³-hybridized carbons (Fsp3) is 0.235. The van der Waals surface area contributed by atoms with E-state index in [1.165, 1.54) is 12.7 Å². The van der Waals surface area contributed by atoms with Crippen LogP contribution in [0.4, 0.5) is 11.4 Å². The number of carbonyl (C=O) groups excluding carboxylic acids is 1. The molecule has 1 amide bonds. The normalized spacial score (nSPS) is 10.2. The van der Waals surface area contributed by atoms with E-state index in [1.54, 1.807) is 30.1 Å². The van der Waals surface area contributed by atoms with E-state index >= 15 is 0 Å². The smallest absolute Gasteiger partial charge is 0.258 e. The second-order valence-electron chi connectivity index (χ2n) is 4.84. The molecule has 0 heterocycles. The molecule has 0 saturated carbocycles. The number of nitrogens with two attached hydrogens (primary N) is 1. The number of nitrogen functional groups attached to an aromatic ring is 1. The van der Waals surface area contributed by atoms with Crippen molar-refractivity contribution in [3.8, 4) is 5.75 Å². The molecule has 0 unspecified atom stereocenters. The number of nitrogens with zero attached hydrogens (tertiary/aromatic N) is 1. The van der Waals surface area contributed by atoms with Crippen LogP contribution in [-0.2, 0) is 6.42 Å². The summed E-state index contributed by atoms with van der Waals surface area (Å²) in [5.41, 5.74) is 8.93. The van der Waals surface area contributed by atoms with Gasteiger partial charge in [0, 0.05) is 18.3 Å². The summed E-state index contributed by atoms with van der Waals surface area (Å²) in [6.45, 7) is 2.10. The number of carbonyl (C=O) groups is 1. The van der Waals surface area contributed by atoms with Gasteiger partial charge in [-0.15, -0.1) is 0 Å². The van der Waals surface area contributed by atoms with Gasteiger partial charge in [-0.2, -0.15) is 0 Å². The molecule has 4 heteroatoms. The van der Waals surface area contributed by atoms with Gasteiger partial charge in [-0.3, -0.25) is 4.79 Å². The molecule has 2 aromatic carbocycles. The third-order valence-corrected chi connectivity index (χ3v) is 3.52. The van der Waals surface area contributed by atoms with E-state index in [-0.39, 0.29) is 5.91 Å². The van der Waals surface area contributed by atoms with Crippen LogP contribution >= 0.6 is 0 Å². The van der Waals surface area contributed by atoms with Gasteiger partial charge in [-0.05, 0) is 42.3 Å². The van der Waals surface area contributed by atoms with E-state index in [0.29, 0.717) is 17.0 Å². The molecule has 0 aromatic heterocycles. The predicted octanol–water partition coefficient (Wildman–Crippen LogP) is 3.12. The molecule has 2 aromatic rings. The fourth-order valence-electron chi connectivity index (χ4n) is 2.11. The highest BCUT2D eigenvalue weighted by Gasteiger charge is 2.15. The van der Waals surface area contributed by atoms with Gasteiger partial charge in [0.15, 0.2) is 0 Å². The van der Waals surface area contributed by atoms with Crippen LogP contribution < -0.4 is 15.4 Å². The molecular formula is C17H20N2O2. The summed E-state index contributed by atoms with van der Waals surface area (Å²) in [5.74, 6) is 0.410. The summed E-state index contributed by atoms with van der Waals surface area (Å²) < 4.78 is 5.16. The van der Waals surface area contributed by atoms with Crippen molar-refractivity contribution < 1.29 is 9.53 Å². The third-order valence-electron chi connectivity index (χ3n) is 3.52. The van der Waals surface area contributed by atoms with E-state index in [2.05, 4.69) is 6.92 Å². The number of hydrogen-bond donors (Lipinski definition) is 1. The van der Waals surface area contributed by atoms with Crippen LogP contribution in [0.5, 0.6) is 5.75 Å². The van der Waals surface area contributed by atoms with Crippen LogP contribution in [0.3, 0.4) is 0 Å². The topological polar surface area (TPSA) is 55.6 Å². The average Bonchev–Trinajstić information content (AvgIpc) is 2.54. The number of rotatable bonds is 4. The Hall–Kier alpha value is -2.49. The highest BCUT2D eigenvalue weighted by molar-refractivity contribution is 6.06. The number of aryl methyl sites for hydroxylation is 1. The van der Waals surface area contributed by atoms with Gasteiger partial charge in [0.25, 0.3) is 5.91 Å². The molecule has 4 nitrogen and oxygen atoms in total. The van der Waals surface area contributed by atoms with Gasteiger partial charge < -0.3 is 15.4 Å². The highest BCUT2D eigenvalue weighted by Crippen LogP contribution is 2.24. The van der Waals surface area contributed by atoms with Crippen molar-refractivity contribution in [1.29, 1.82) is 0 Å². The Kier molecular flexibility index (Phi) is 4.48. The van der Waals surface area contributed by atoms with E-state index in [1.807, 2.05) is 24.3 Å². The largest absolute Gasteiger partial charge is 0.495 e. The quantitative estimate of drug-likeness (QED) is 0.878. The first-order chi connectivity index (χ1) is 10.1. The predicted molar refractivity (Wildman–Crippen MR) is 86.0 cm³/mol. The first kappa shape index (κ1) is 14.9. The summed E-state index contributed by atoms with van der Waals surface area (Å²) in [5, 5.41) is 0. The summed E-state index contributed by atoms with van der Waals surface area (Å²) in [6.07, 6.45) is 0.979. The van der Waals surface area contributed by atoms with Crippen molar-refractivity contribution in [2.24, 2.45) is 0 Å². The minimum Gasteiger partial charge on any atom is -0.495 e. The molecule has 0 saturated heterocycles. The average molecular weight is 284 g/mol. The Morgan fingerprint density at radius 3 is 2.43 bits per heavy atom. The van der Waals surface area contributed by atoms with Crippen molar-refractivity contribution in [3.63, 3.8) is 0 Å². The van der Waals surface area contributed by atoms with Crippen molar-refractivity contribution in [3.05, 3.63) is 53.6 Å². The van der Waals surface area contributed by atoms with Gasteiger partial charge in [-0.25, -0.2) is 0 Å². The van der Waals surface area contributed by atoms with Gasteiger partial charge >= 0.3 is 0 Å². The van der Waals surface area contributed by atoms with Crippen molar-refractivity contribution in [2.75, 3.05) is 24.8 Å². The van der Waals surface area contributed by atoms with E-state index in [9.17, 15) is 4.79 Å².